The van der Waals surface area contributed by atoms with E-state index in [-0.39, 0.29) is 23.7 Å². The second kappa shape index (κ2) is 21.3. The minimum Gasteiger partial charge on any atom is -0.380 e. The first kappa shape index (κ1) is 49.4. The number of carbonyl (C=O) groups is 2. The number of nitrogens with zero attached hydrogens (tertiary/aromatic N) is 7. The van der Waals surface area contributed by atoms with E-state index in [2.05, 4.69) is 59.2 Å². The van der Waals surface area contributed by atoms with Crippen molar-refractivity contribution in [1.29, 1.82) is 0 Å². The molecule has 4 heterocycles. The van der Waals surface area contributed by atoms with Gasteiger partial charge in [0.05, 0.1) is 28.8 Å². The number of alkyl halides is 6. The SMILES string of the molecule is CCCC(C(=O)NC=O)n1c(=O)n(C)c2cc(CCCOCCN3CCN(Cc4ccc(-c5cn(C6CCCCC6)c6nc(Nc7cc(C(F)(F)F)cc(C(F)(F)F)c7)ncc56)cc4)CC3)ccc21. The van der Waals surface area contributed by atoms with Gasteiger partial charge in [-0.05, 0) is 79.1 Å². The van der Waals surface area contributed by atoms with Crippen molar-refractivity contribution >= 4 is 46.0 Å². The number of ether oxygens (including phenoxy) is 1. The second-order valence-corrected chi connectivity index (χ2v) is 18.1. The third-order valence-electron chi connectivity index (χ3n) is 13.4. The van der Waals surface area contributed by atoms with Crippen molar-refractivity contribution in [3.05, 3.63) is 106 Å². The van der Waals surface area contributed by atoms with Gasteiger partial charge in [0.15, 0.2) is 0 Å². The molecular weight excluding hydrogens is 905 g/mol. The van der Waals surface area contributed by atoms with Crippen LogP contribution in [0.4, 0.5) is 38.0 Å². The summed E-state index contributed by atoms with van der Waals surface area (Å²) in [5.41, 5.74) is 2.44. The van der Waals surface area contributed by atoms with Crippen molar-refractivity contribution in [2.45, 2.75) is 95.7 Å². The Morgan fingerprint density at radius 1 is 0.870 bits per heavy atom. The molecule has 2 fully saturated rings. The largest absolute Gasteiger partial charge is 0.416 e. The lowest BCUT2D eigenvalue weighted by Gasteiger charge is -2.34. The van der Waals surface area contributed by atoms with Crippen molar-refractivity contribution < 1.29 is 40.7 Å². The molecule has 1 saturated heterocycles. The molecule has 368 valence electrons. The van der Waals surface area contributed by atoms with Gasteiger partial charge < -0.3 is 14.6 Å². The van der Waals surface area contributed by atoms with Crippen molar-refractivity contribution in [3.63, 3.8) is 0 Å². The maximum atomic E-state index is 13.6. The van der Waals surface area contributed by atoms with Crippen LogP contribution in [-0.2, 0) is 46.7 Å². The number of rotatable bonds is 18. The predicted molar refractivity (Wildman–Crippen MR) is 251 cm³/mol. The molecule has 2 N–H and O–H groups in total. The highest BCUT2D eigenvalue weighted by Gasteiger charge is 2.37. The van der Waals surface area contributed by atoms with E-state index in [9.17, 15) is 40.7 Å². The second-order valence-electron chi connectivity index (χ2n) is 18.1. The average molecular weight is 962 g/mol. The van der Waals surface area contributed by atoms with Crippen LogP contribution in [0, 0.1) is 0 Å². The van der Waals surface area contributed by atoms with E-state index in [1.54, 1.807) is 17.8 Å². The number of amides is 2. The summed E-state index contributed by atoms with van der Waals surface area (Å²) in [6, 6.07) is 14.9. The number of aryl methyl sites for hydroxylation is 2. The molecule has 6 aromatic rings. The number of halogens is 6. The third-order valence-corrected chi connectivity index (χ3v) is 13.4. The van der Waals surface area contributed by atoms with E-state index in [0.717, 1.165) is 117 Å². The van der Waals surface area contributed by atoms with Crippen molar-refractivity contribution in [1.82, 2.24) is 38.8 Å². The molecule has 2 aliphatic rings. The molecule has 8 rings (SSSR count). The number of carbonyl (C=O) groups excluding carboxylic acids is 2. The van der Waals surface area contributed by atoms with Gasteiger partial charge in [-0.2, -0.15) is 31.3 Å². The molecule has 1 aliphatic carbocycles. The third kappa shape index (κ3) is 11.5. The summed E-state index contributed by atoms with van der Waals surface area (Å²) in [7, 11) is 1.69. The maximum Gasteiger partial charge on any atom is 0.416 e. The molecule has 2 amide bonds. The molecule has 69 heavy (non-hydrogen) atoms. The molecule has 1 atom stereocenters. The number of piperazine rings is 1. The monoisotopic (exact) mass is 961 g/mol. The Morgan fingerprint density at radius 3 is 2.22 bits per heavy atom. The number of imide groups is 1. The van der Waals surface area contributed by atoms with Gasteiger partial charge in [0, 0.05) is 88.0 Å². The van der Waals surface area contributed by atoms with Gasteiger partial charge in [-0.15, -0.1) is 0 Å². The van der Waals surface area contributed by atoms with Crippen LogP contribution in [-0.4, -0.2) is 91.7 Å². The van der Waals surface area contributed by atoms with Crippen LogP contribution in [0.15, 0.2) is 77.9 Å². The Morgan fingerprint density at radius 2 is 1.55 bits per heavy atom. The number of benzene rings is 3. The van der Waals surface area contributed by atoms with Crippen LogP contribution in [0.2, 0.25) is 0 Å². The fourth-order valence-electron chi connectivity index (χ4n) is 9.68. The lowest BCUT2D eigenvalue weighted by atomic mass is 9.95. The van der Waals surface area contributed by atoms with E-state index in [0.29, 0.717) is 55.8 Å². The standard InChI is InChI=1S/C50H57F6N9O4/c1-3-8-43(46(67)58-32-66)65-42-17-14-33(25-44(42)61(2)48(65)68)9-7-23-69-24-22-62-18-20-63(21-19-62)30-34-12-15-35(16-13-34)41-31-64(39-10-5-4-6-11-39)45-40(41)29-57-47(60-45)59-38-27-36(49(51,52)53)26-37(28-38)50(54,55)56/h12-17,25-29,31-32,39,43H,3-11,18-24,30H2,1-2H3,(H,57,59,60)(H,58,66,67). The number of aromatic nitrogens is 5. The molecule has 3 aromatic carbocycles. The van der Waals surface area contributed by atoms with Crippen LogP contribution in [0.1, 0.15) is 92.6 Å². The van der Waals surface area contributed by atoms with Crippen LogP contribution >= 0.6 is 0 Å². The first-order valence-corrected chi connectivity index (χ1v) is 23.6. The van der Waals surface area contributed by atoms with E-state index < -0.39 is 41.1 Å². The molecular formula is C50H57F6N9O4. The summed E-state index contributed by atoms with van der Waals surface area (Å²) in [6.07, 6.45) is 1.72. The Bertz CT molecular complexity index is 2770. The minimum atomic E-state index is -4.98. The topological polar surface area (TPSA) is 132 Å². The molecule has 0 spiro atoms. The normalized spacial score (nSPS) is 16.1. The summed E-state index contributed by atoms with van der Waals surface area (Å²) < 4.78 is 92.7. The molecule has 19 heteroatoms. The smallest absolute Gasteiger partial charge is 0.380 e. The highest BCUT2D eigenvalue weighted by Crippen LogP contribution is 2.40. The minimum absolute atomic E-state index is 0.0945. The summed E-state index contributed by atoms with van der Waals surface area (Å²) in [5, 5.41) is 5.56. The zero-order valence-corrected chi connectivity index (χ0v) is 38.7. The molecule has 0 bridgehead atoms. The fraction of sp³-hybridized carbons (Fsp3) is 0.460. The van der Waals surface area contributed by atoms with Gasteiger partial charge >= 0.3 is 18.0 Å². The number of nitrogens with one attached hydrogen (secondary N) is 2. The molecule has 0 radical (unpaired) electrons. The number of fused-ring (bicyclic) bond motifs is 2. The average Bonchev–Trinajstić information content (AvgIpc) is 3.82. The van der Waals surface area contributed by atoms with E-state index in [1.165, 1.54) is 4.57 Å². The Balaban J connectivity index is 0.831. The van der Waals surface area contributed by atoms with Gasteiger partial charge in [0.2, 0.25) is 18.3 Å². The molecule has 1 unspecified atom stereocenters. The van der Waals surface area contributed by atoms with Gasteiger partial charge in [0.1, 0.15) is 11.7 Å². The molecule has 1 saturated carbocycles. The van der Waals surface area contributed by atoms with E-state index >= 15 is 0 Å². The maximum absolute atomic E-state index is 13.6. The highest BCUT2D eigenvalue weighted by atomic mass is 19.4. The van der Waals surface area contributed by atoms with Crippen molar-refractivity contribution in [2.24, 2.45) is 7.05 Å². The quantitative estimate of drug-likeness (QED) is 0.0492. The van der Waals surface area contributed by atoms with Gasteiger partial charge in [-0.25, -0.2) is 9.78 Å². The molecule has 13 nitrogen and oxygen atoms in total. The van der Waals surface area contributed by atoms with Crippen LogP contribution in [0.3, 0.4) is 0 Å². The molecule has 3 aromatic heterocycles. The van der Waals surface area contributed by atoms with Crippen LogP contribution < -0.4 is 16.3 Å². The number of hydrogen-bond donors (Lipinski definition) is 2. The zero-order chi connectivity index (χ0) is 48.9. The van der Waals surface area contributed by atoms with Crippen LogP contribution in [0.5, 0.6) is 0 Å². The lowest BCUT2D eigenvalue weighted by Crippen LogP contribution is -2.46. The zero-order valence-electron chi connectivity index (χ0n) is 38.7. The van der Waals surface area contributed by atoms with Gasteiger partial charge in [0.25, 0.3) is 0 Å². The van der Waals surface area contributed by atoms with Gasteiger partial charge in [-0.1, -0.05) is 62.9 Å². The lowest BCUT2D eigenvalue weighted by molar-refractivity contribution is -0.143. The fourth-order valence-corrected chi connectivity index (χ4v) is 9.68. The Hall–Kier alpha value is -6.05. The van der Waals surface area contributed by atoms with Crippen molar-refractivity contribution in [3.8, 4) is 11.1 Å². The van der Waals surface area contributed by atoms with Gasteiger partial charge in [-0.3, -0.25) is 33.8 Å². The highest BCUT2D eigenvalue weighted by molar-refractivity contribution is 5.94. The van der Waals surface area contributed by atoms with E-state index in [1.807, 2.05) is 31.3 Å². The predicted octanol–water partition coefficient (Wildman–Crippen LogP) is 9.42. The number of hydrogen-bond acceptors (Lipinski definition) is 9. The summed E-state index contributed by atoms with van der Waals surface area (Å²) in [4.78, 5) is 50.7. The van der Waals surface area contributed by atoms with Crippen LogP contribution in [0.25, 0.3) is 33.2 Å². The first-order chi connectivity index (χ1) is 33.1. The summed E-state index contributed by atoms with van der Waals surface area (Å²) >= 11 is 0. The summed E-state index contributed by atoms with van der Waals surface area (Å²) in [6.45, 7) is 8.44. The molecule has 1 aliphatic heterocycles. The Kier molecular flexibility index (Phi) is 15.2. The Labute approximate surface area is 395 Å². The summed E-state index contributed by atoms with van der Waals surface area (Å²) in [5.74, 6) is -0.603. The number of anilines is 2. The first-order valence-electron chi connectivity index (χ1n) is 23.6. The number of imidazole rings is 1. The van der Waals surface area contributed by atoms with Crippen molar-refractivity contribution in [2.75, 3.05) is 51.3 Å². The van der Waals surface area contributed by atoms with E-state index in [4.69, 9.17) is 4.74 Å².